The number of aryl methyl sites for hydroxylation is 1. The van der Waals surface area contributed by atoms with Gasteiger partial charge in [-0.05, 0) is 24.6 Å². The van der Waals surface area contributed by atoms with Gasteiger partial charge in [0.15, 0.2) is 5.60 Å². The highest BCUT2D eigenvalue weighted by molar-refractivity contribution is 7.86. The lowest BCUT2D eigenvalue weighted by atomic mass is 9.68. The molecule has 0 aliphatic heterocycles. The van der Waals surface area contributed by atoms with E-state index < -0.39 is 39.8 Å². The molecule has 0 fully saturated rings. The SMILES string of the molecule is Cc1ccc(S(=O)(=O)OC2C=CC(C)(c3ccccc3)CC2(O)C(F)(F)F)cc1. The van der Waals surface area contributed by atoms with E-state index in [0.29, 0.717) is 5.56 Å². The minimum Gasteiger partial charge on any atom is -0.378 e. The molecule has 3 atom stereocenters. The van der Waals surface area contributed by atoms with Gasteiger partial charge >= 0.3 is 6.18 Å². The van der Waals surface area contributed by atoms with Crippen molar-refractivity contribution in [2.75, 3.05) is 0 Å². The predicted octanol–water partition coefficient (Wildman–Crippen LogP) is 4.28. The van der Waals surface area contributed by atoms with Crippen molar-refractivity contribution in [2.24, 2.45) is 0 Å². The molecule has 2 aromatic carbocycles. The van der Waals surface area contributed by atoms with Crippen molar-refractivity contribution in [1.82, 2.24) is 0 Å². The summed E-state index contributed by atoms with van der Waals surface area (Å²) in [5.74, 6) is 0. The molecule has 156 valence electrons. The van der Waals surface area contributed by atoms with E-state index in [1.54, 1.807) is 44.2 Å². The number of allylic oxidation sites excluding steroid dienone is 1. The summed E-state index contributed by atoms with van der Waals surface area (Å²) >= 11 is 0. The Morgan fingerprint density at radius 2 is 1.66 bits per heavy atom. The summed E-state index contributed by atoms with van der Waals surface area (Å²) in [5, 5.41) is 10.7. The maximum atomic E-state index is 13.9. The Bertz CT molecular complexity index is 1000. The first-order chi connectivity index (χ1) is 13.4. The molecule has 3 unspecified atom stereocenters. The van der Waals surface area contributed by atoms with Gasteiger partial charge in [0.25, 0.3) is 10.1 Å². The number of hydrogen-bond acceptors (Lipinski definition) is 4. The average Bonchev–Trinajstić information content (AvgIpc) is 2.64. The molecule has 0 heterocycles. The van der Waals surface area contributed by atoms with Crippen molar-refractivity contribution in [3.8, 4) is 0 Å². The second-order valence-corrected chi connectivity index (χ2v) is 9.10. The van der Waals surface area contributed by atoms with Gasteiger partial charge < -0.3 is 5.11 Å². The summed E-state index contributed by atoms with van der Waals surface area (Å²) in [7, 11) is -4.52. The van der Waals surface area contributed by atoms with Crippen LogP contribution in [0.4, 0.5) is 13.2 Å². The van der Waals surface area contributed by atoms with Gasteiger partial charge in [-0.2, -0.15) is 21.6 Å². The number of alkyl halides is 3. The van der Waals surface area contributed by atoms with E-state index in [0.717, 1.165) is 11.6 Å². The van der Waals surface area contributed by atoms with E-state index in [1.165, 1.54) is 30.3 Å². The highest BCUT2D eigenvalue weighted by Gasteiger charge is 2.63. The Labute approximate surface area is 167 Å². The van der Waals surface area contributed by atoms with Crippen molar-refractivity contribution >= 4 is 10.1 Å². The fraction of sp³-hybridized carbons (Fsp3) is 0.333. The number of benzene rings is 2. The van der Waals surface area contributed by atoms with E-state index in [1.807, 2.05) is 0 Å². The first-order valence-corrected chi connectivity index (χ1v) is 10.3. The quantitative estimate of drug-likeness (QED) is 0.586. The van der Waals surface area contributed by atoms with Crippen molar-refractivity contribution < 1.29 is 30.9 Å². The smallest absolute Gasteiger partial charge is 0.378 e. The minimum atomic E-state index is -5.11. The summed E-state index contributed by atoms with van der Waals surface area (Å²) in [6.45, 7) is 3.30. The maximum absolute atomic E-state index is 13.9. The third-order valence-electron chi connectivity index (χ3n) is 5.21. The van der Waals surface area contributed by atoms with Crippen LogP contribution in [0.3, 0.4) is 0 Å². The molecule has 8 heteroatoms. The average molecular weight is 426 g/mol. The van der Waals surface area contributed by atoms with Crippen LogP contribution in [0.1, 0.15) is 24.5 Å². The van der Waals surface area contributed by atoms with Crippen LogP contribution >= 0.6 is 0 Å². The van der Waals surface area contributed by atoms with E-state index in [4.69, 9.17) is 4.18 Å². The molecule has 0 saturated heterocycles. The Kier molecular flexibility index (Phi) is 5.40. The molecule has 4 nitrogen and oxygen atoms in total. The Balaban J connectivity index is 2.01. The molecular weight excluding hydrogens is 405 g/mol. The van der Waals surface area contributed by atoms with Crippen LogP contribution < -0.4 is 0 Å². The van der Waals surface area contributed by atoms with Crippen LogP contribution in [0.5, 0.6) is 0 Å². The van der Waals surface area contributed by atoms with Gasteiger partial charge in [-0.15, -0.1) is 0 Å². The summed E-state index contributed by atoms with van der Waals surface area (Å²) in [5.41, 5.74) is -3.19. The molecule has 1 aliphatic carbocycles. The first kappa shape index (κ1) is 21.5. The molecule has 29 heavy (non-hydrogen) atoms. The van der Waals surface area contributed by atoms with Gasteiger partial charge in [-0.1, -0.05) is 67.1 Å². The third-order valence-corrected chi connectivity index (χ3v) is 6.52. The maximum Gasteiger partial charge on any atom is 0.420 e. The van der Waals surface area contributed by atoms with Crippen molar-refractivity contribution in [3.63, 3.8) is 0 Å². The molecule has 0 radical (unpaired) electrons. The fourth-order valence-corrected chi connectivity index (χ4v) is 4.54. The molecule has 1 aliphatic rings. The third kappa shape index (κ3) is 4.10. The van der Waals surface area contributed by atoms with Crippen LogP contribution in [0.25, 0.3) is 0 Å². The van der Waals surface area contributed by atoms with Crippen LogP contribution in [-0.4, -0.2) is 31.4 Å². The second kappa shape index (κ2) is 7.27. The van der Waals surface area contributed by atoms with Gasteiger partial charge in [-0.3, -0.25) is 4.18 Å². The number of aliphatic hydroxyl groups is 1. The molecule has 1 N–H and O–H groups in total. The first-order valence-electron chi connectivity index (χ1n) is 8.91. The molecule has 0 aromatic heterocycles. The molecule has 0 bridgehead atoms. The van der Waals surface area contributed by atoms with Crippen molar-refractivity contribution in [1.29, 1.82) is 0 Å². The van der Waals surface area contributed by atoms with Gasteiger partial charge in [0, 0.05) is 11.8 Å². The highest BCUT2D eigenvalue weighted by atomic mass is 32.2. The summed E-state index contributed by atoms with van der Waals surface area (Å²) in [4.78, 5) is -0.280. The zero-order chi connectivity index (χ0) is 21.5. The highest BCUT2D eigenvalue weighted by Crippen LogP contribution is 2.48. The van der Waals surface area contributed by atoms with Gasteiger partial charge in [0.05, 0.1) is 4.90 Å². The topological polar surface area (TPSA) is 63.6 Å². The van der Waals surface area contributed by atoms with E-state index in [-0.39, 0.29) is 4.90 Å². The molecule has 0 saturated carbocycles. The Hall–Kier alpha value is -2.16. The van der Waals surface area contributed by atoms with Crippen LogP contribution in [0.2, 0.25) is 0 Å². The lowest BCUT2D eigenvalue weighted by molar-refractivity contribution is -0.287. The van der Waals surface area contributed by atoms with Gasteiger partial charge in [0.1, 0.15) is 6.10 Å². The largest absolute Gasteiger partial charge is 0.420 e. The summed E-state index contributed by atoms with van der Waals surface area (Å²) < 4.78 is 71.7. The normalized spacial score (nSPS) is 27.7. The standard InChI is InChI=1S/C21H21F3O4S/c1-15-8-10-17(11-9-15)29(26,27)28-18-12-13-19(2,16-6-4-3-5-7-16)14-20(18,25)21(22,23)24/h3-13,18,25H,14H2,1-2H3. The van der Waals surface area contributed by atoms with Crippen LogP contribution in [0.15, 0.2) is 71.6 Å². The molecule has 3 rings (SSSR count). The molecular formula is C21H21F3O4S. The van der Waals surface area contributed by atoms with Crippen LogP contribution in [-0.2, 0) is 19.7 Å². The zero-order valence-corrected chi connectivity index (χ0v) is 16.7. The van der Waals surface area contributed by atoms with Crippen LogP contribution in [0, 0.1) is 6.92 Å². The van der Waals surface area contributed by atoms with E-state index in [2.05, 4.69) is 0 Å². The van der Waals surface area contributed by atoms with Gasteiger partial charge in [0.2, 0.25) is 0 Å². The molecule has 2 aromatic rings. The van der Waals surface area contributed by atoms with Crippen molar-refractivity contribution in [3.05, 3.63) is 77.9 Å². The molecule has 0 amide bonds. The minimum absolute atomic E-state index is 0.280. The number of halogens is 3. The number of hydrogen-bond donors (Lipinski definition) is 1. The lowest BCUT2D eigenvalue weighted by Crippen LogP contribution is -2.59. The van der Waals surface area contributed by atoms with E-state index >= 15 is 0 Å². The van der Waals surface area contributed by atoms with Crippen molar-refractivity contribution in [2.45, 2.75) is 48.5 Å². The fourth-order valence-electron chi connectivity index (χ4n) is 3.47. The zero-order valence-electron chi connectivity index (χ0n) is 15.8. The lowest BCUT2D eigenvalue weighted by Gasteiger charge is -2.44. The predicted molar refractivity (Wildman–Crippen MR) is 102 cm³/mol. The second-order valence-electron chi connectivity index (χ2n) is 7.53. The molecule has 0 spiro atoms. The number of rotatable bonds is 4. The summed E-state index contributed by atoms with van der Waals surface area (Å²) in [6.07, 6.45) is -5.56. The summed E-state index contributed by atoms with van der Waals surface area (Å²) in [6, 6.07) is 13.9. The Morgan fingerprint density at radius 1 is 1.07 bits per heavy atom. The monoisotopic (exact) mass is 426 g/mol. The van der Waals surface area contributed by atoms with Gasteiger partial charge in [-0.25, -0.2) is 0 Å². The van der Waals surface area contributed by atoms with E-state index in [9.17, 15) is 26.7 Å². The Morgan fingerprint density at radius 3 is 2.21 bits per heavy atom.